The molecule has 0 saturated heterocycles. The summed E-state index contributed by atoms with van der Waals surface area (Å²) in [5.41, 5.74) is 0. The number of carbonyl (C=O) groups excluding carboxylic acids is 1. The van der Waals surface area contributed by atoms with Gasteiger partial charge in [-0.1, -0.05) is 0 Å². The van der Waals surface area contributed by atoms with E-state index in [2.05, 4.69) is 0 Å². The van der Waals surface area contributed by atoms with E-state index in [4.69, 9.17) is 9.90 Å². The summed E-state index contributed by atoms with van der Waals surface area (Å²) < 4.78 is 0. The van der Waals surface area contributed by atoms with Gasteiger partial charge in [-0.2, -0.15) is 0 Å². The summed E-state index contributed by atoms with van der Waals surface area (Å²) in [6.07, 6.45) is 0. The number of hydrogen-bond donors (Lipinski definition) is 0. The normalized spacial score (nSPS) is 2.40. The van der Waals surface area contributed by atoms with Crippen LogP contribution in [0.25, 0.3) is 0 Å². The summed E-state index contributed by atoms with van der Waals surface area (Å²) >= 11 is 0. The van der Waals surface area contributed by atoms with Crippen LogP contribution in [0.1, 0.15) is 0 Å². The SMILES string of the molecule is O.O=C[O-].[Cs+]. The van der Waals surface area contributed by atoms with Crippen molar-refractivity contribution in [1.82, 2.24) is 0 Å². The van der Waals surface area contributed by atoms with Gasteiger partial charge in [-0.15, -0.1) is 0 Å². The molecule has 0 aromatic rings. The van der Waals surface area contributed by atoms with Gasteiger partial charge in [0, 0.05) is 6.47 Å². The fourth-order valence-electron chi connectivity index (χ4n) is 0. The molecule has 3 nitrogen and oxygen atoms in total. The van der Waals surface area contributed by atoms with E-state index in [0.717, 1.165) is 0 Å². The molecule has 0 fully saturated rings. The molecule has 0 saturated carbocycles. The van der Waals surface area contributed by atoms with E-state index < -0.39 is 6.47 Å². The van der Waals surface area contributed by atoms with Crippen LogP contribution in [0.15, 0.2) is 0 Å². The molecule has 5 heavy (non-hydrogen) atoms. The van der Waals surface area contributed by atoms with E-state index in [9.17, 15) is 0 Å². The minimum absolute atomic E-state index is 0. The van der Waals surface area contributed by atoms with Crippen molar-refractivity contribution in [3.8, 4) is 0 Å². The average molecular weight is 196 g/mol. The van der Waals surface area contributed by atoms with Gasteiger partial charge < -0.3 is 15.4 Å². The topological polar surface area (TPSA) is 71.6 Å². The molecule has 4 heteroatoms. The molecule has 0 aliphatic heterocycles. The molecule has 26 valence electrons. The third-order valence-electron chi connectivity index (χ3n) is 0. The van der Waals surface area contributed by atoms with Gasteiger partial charge in [-0.3, -0.25) is 0 Å². The third kappa shape index (κ3) is 30.3. The van der Waals surface area contributed by atoms with Gasteiger partial charge in [-0.05, 0) is 0 Å². The Bertz CT molecular complexity index is 14.4. The van der Waals surface area contributed by atoms with Crippen LogP contribution in [-0.4, -0.2) is 11.9 Å². The van der Waals surface area contributed by atoms with E-state index >= 15 is 0 Å². The Morgan fingerprint density at radius 3 is 1.60 bits per heavy atom. The molecular weight excluding hydrogens is 193 g/mol. The fraction of sp³-hybridized carbons (Fsp3) is 0. The van der Waals surface area contributed by atoms with Crippen molar-refractivity contribution in [2.24, 2.45) is 0 Å². The van der Waals surface area contributed by atoms with Gasteiger partial charge in [0.1, 0.15) is 0 Å². The van der Waals surface area contributed by atoms with E-state index in [0.29, 0.717) is 0 Å². The Balaban J connectivity index is -0.0000000200. The van der Waals surface area contributed by atoms with Crippen LogP contribution in [0, 0.1) is 0 Å². The molecule has 0 aromatic heterocycles. The van der Waals surface area contributed by atoms with Crippen LogP contribution in [0.3, 0.4) is 0 Å². The minimum atomic E-state index is -0.500. The Labute approximate surface area is 88.5 Å². The predicted octanol–water partition coefficient (Wildman–Crippen LogP) is -5.45. The zero-order valence-electron chi connectivity index (χ0n) is 2.89. The van der Waals surface area contributed by atoms with Gasteiger partial charge in [0.2, 0.25) is 0 Å². The van der Waals surface area contributed by atoms with Gasteiger partial charge in [0.15, 0.2) is 0 Å². The van der Waals surface area contributed by atoms with Crippen molar-refractivity contribution < 1.29 is 84.3 Å². The molecule has 0 atom stereocenters. The summed E-state index contributed by atoms with van der Waals surface area (Å²) in [5, 5.41) is 8.25. The quantitative estimate of drug-likeness (QED) is 0.362. The summed E-state index contributed by atoms with van der Waals surface area (Å²) in [4.78, 5) is 8.25. The fourth-order valence-corrected chi connectivity index (χ4v) is 0. The molecule has 0 aromatic carbocycles. The van der Waals surface area contributed by atoms with Gasteiger partial charge in [-0.25, -0.2) is 0 Å². The first-order valence-electron chi connectivity index (χ1n) is 0.471. The molecule has 0 spiro atoms. The molecule has 0 aliphatic carbocycles. The maximum absolute atomic E-state index is 8.25. The van der Waals surface area contributed by atoms with E-state index in [1.807, 2.05) is 0 Å². The monoisotopic (exact) mass is 196 g/mol. The molecular formula is CH3CsO3. The molecule has 0 unspecified atom stereocenters. The van der Waals surface area contributed by atoms with Gasteiger partial charge in [0.05, 0.1) is 0 Å². The van der Waals surface area contributed by atoms with Crippen LogP contribution in [0.5, 0.6) is 0 Å². The Hall–Kier alpha value is 1.48. The van der Waals surface area contributed by atoms with Crippen molar-refractivity contribution in [3.63, 3.8) is 0 Å². The van der Waals surface area contributed by atoms with E-state index in [1.54, 1.807) is 0 Å². The van der Waals surface area contributed by atoms with E-state index in [-0.39, 0.29) is 74.4 Å². The molecule has 0 aliphatic rings. The first-order chi connectivity index (χ1) is 1.41. The number of rotatable bonds is 0. The molecule has 0 rings (SSSR count). The van der Waals surface area contributed by atoms with Crippen LogP contribution in [0.2, 0.25) is 0 Å². The number of hydrogen-bond acceptors (Lipinski definition) is 2. The van der Waals surface area contributed by atoms with Crippen LogP contribution >= 0.6 is 0 Å². The minimum Gasteiger partial charge on any atom is -0.554 e. The van der Waals surface area contributed by atoms with Crippen molar-refractivity contribution in [1.29, 1.82) is 0 Å². The molecule has 0 amide bonds. The maximum Gasteiger partial charge on any atom is 1.00 e. The first-order valence-corrected chi connectivity index (χ1v) is 0.471. The van der Waals surface area contributed by atoms with Gasteiger partial charge in [0.25, 0.3) is 0 Å². The van der Waals surface area contributed by atoms with Crippen molar-refractivity contribution in [2.75, 3.05) is 0 Å². The second-order valence-corrected chi connectivity index (χ2v) is 0.0962. The summed E-state index contributed by atoms with van der Waals surface area (Å²) in [6.45, 7) is -0.500. The van der Waals surface area contributed by atoms with Crippen molar-refractivity contribution >= 4 is 6.47 Å². The van der Waals surface area contributed by atoms with Crippen molar-refractivity contribution in [3.05, 3.63) is 0 Å². The summed E-state index contributed by atoms with van der Waals surface area (Å²) in [7, 11) is 0. The summed E-state index contributed by atoms with van der Waals surface area (Å²) in [5.74, 6) is 0. The zero-order chi connectivity index (χ0) is 2.71. The van der Waals surface area contributed by atoms with Crippen LogP contribution in [-0.2, 0) is 4.79 Å². The number of carboxylic acid groups (broad SMARTS) is 1. The predicted molar refractivity (Wildman–Crippen MR) is 9.68 cm³/mol. The average Bonchev–Trinajstić information content (AvgIpc) is 0.918. The Kier molecular flexibility index (Phi) is 57.4. The number of carbonyl (C=O) groups is 1. The zero-order valence-corrected chi connectivity index (χ0v) is 9.17. The van der Waals surface area contributed by atoms with Crippen LogP contribution < -0.4 is 74.0 Å². The molecule has 0 radical (unpaired) electrons. The molecule has 0 bridgehead atoms. The molecule has 0 heterocycles. The first kappa shape index (κ1) is 16.1. The summed E-state index contributed by atoms with van der Waals surface area (Å²) in [6, 6.07) is 0. The van der Waals surface area contributed by atoms with E-state index in [1.165, 1.54) is 0 Å². The standard InChI is InChI=1S/CH2O2.Cs.H2O/c2-1-3;;/h1H,(H,2,3);;1H2/q;+1;/p-1. The van der Waals surface area contributed by atoms with Gasteiger partial charge >= 0.3 is 68.9 Å². The Morgan fingerprint density at radius 1 is 1.60 bits per heavy atom. The Morgan fingerprint density at radius 2 is 1.60 bits per heavy atom. The second kappa shape index (κ2) is 17.9. The van der Waals surface area contributed by atoms with Crippen molar-refractivity contribution in [2.45, 2.75) is 0 Å². The van der Waals surface area contributed by atoms with Crippen LogP contribution in [0.4, 0.5) is 0 Å². The maximum atomic E-state index is 8.25. The molecule has 2 N–H and O–H groups in total. The third-order valence-corrected chi connectivity index (χ3v) is 0. The second-order valence-electron chi connectivity index (χ2n) is 0.0962. The largest absolute Gasteiger partial charge is 1.00 e. The smallest absolute Gasteiger partial charge is 0.554 e.